The molecule has 0 radical (unpaired) electrons. The number of hydrogen-bond acceptors (Lipinski definition) is 6. The quantitative estimate of drug-likeness (QED) is 0.675. The maximum absolute atomic E-state index is 12.9. The summed E-state index contributed by atoms with van der Waals surface area (Å²) in [6, 6.07) is 7.53. The van der Waals surface area contributed by atoms with E-state index in [1.165, 1.54) is 45.4 Å². The molecule has 0 bridgehead atoms. The van der Waals surface area contributed by atoms with E-state index in [1.807, 2.05) is 0 Å². The lowest BCUT2D eigenvalue weighted by Gasteiger charge is -2.26. The van der Waals surface area contributed by atoms with Crippen molar-refractivity contribution in [2.24, 2.45) is 4.40 Å². The van der Waals surface area contributed by atoms with Gasteiger partial charge in [0.25, 0.3) is 5.91 Å². The summed E-state index contributed by atoms with van der Waals surface area (Å²) >= 11 is 0. The molecule has 176 valence electrons. The number of halogens is 3. The second-order valence-corrected chi connectivity index (χ2v) is 8.10. The summed E-state index contributed by atoms with van der Waals surface area (Å²) in [5, 5.41) is 2.21. The van der Waals surface area contributed by atoms with Crippen LogP contribution in [0.5, 0.6) is 11.5 Å². The van der Waals surface area contributed by atoms with Crippen molar-refractivity contribution in [3.8, 4) is 11.5 Å². The topological polar surface area (TPSA) is 110 Å². The number of methoxy groups -OCH3 is 2. The first-order chi connectivity index (χ1) is 15.5. The molecule has 3 rings (SSSR count). The van der Waals surface area contributed by atoms with Gasteiger partial charge in [-0.3, -0.25) is 4.79 Å². The Morgan fingerprint density at radius 2 is 1.82 bits per heavy atom. The van der Waals surface area contributed by atoms with Gasteiger partial charge in [-0.1, -0.05) is 6.07 Å². The van der Waals surface area contributed by atoms with Crippen molar-refractivity contribution in [2.75, 3.05) is 26.1 Å². The van der Waals surface area contributed by atoms with Crippen LogP contribution in [-0.2, 0) is 21.2 Å². The SMILES string of the molecule is CCN1C(C(=O)Nc2cccc(C(F)(F)F)n2)=CC(c2ccc(OC)c(OC)c2)=NS1(=O)=O. The van der Waals surface area contributed by atoms with Gasteiger partial charge in [-0.05, 0) is 43.3 Å². The lowest BCUT2D eigenvalue weighted by atomic mass is 10.1. The Labute approximate surface area is 187 Å². The Balaban J connectivity index is 2.01. The van der Waals surface area contributed by atoms with Crippen LogP contribution in [0.1, 0.15) is 18.2 Å². The third-order valence-corrected chi connectivity index (χ3v) is 5.95. The summed E-state index contributed by atoms with van der Waals surface area (Å²) in [7, 11) is -1.47. The lowest BCUT2D eigenvalue weighted by molar-refractivity contribution is -0.141. The summed E-state index contributed by atoms with van der Waals surface area (Å²) < 4.78 is 79.1. The molecule has 13 heteroatoms. The normalized spacial score (nSPS) is 15.4. The minimum absolute atomic E-state index is 0.0668. The molecule has 0 aliphatic carbocycles. The molecule has 1 aromatic heterocycles. The molecule has 1 N–H and O–H groups in total. The van der Waals surface area contributed by atoms with Crippen LogP contribution >= 0.6 is 0 Å². The van der Waals surface area contributed by atoms with Gasteiger partial charge < -0.3 is 14.8 Å². The van der Waals surface area contributed by atoms with Gasteiger partial charge in [-0.2, -0.15) is 21.6 Å². The number of benzene rings is 1. The molecule has 1 aromatic carbocycles. The number of pyridine rings is 1. The van der Waals surface area contributed by atoms with Crippen LogP contribution in [0.15, 0.2) is 52.6 Å². The van der Waals surface area contributed by atoms with Crippen LogP contribution < -0.4 is 14.8 Å². The van der Waals surface area contributed by atoms with E-state index in [9.17, 15) is 26.4 Å². The average Bonchev–Trinajstić information content (AvgIpc) is 2.77. The average molecular weight is 484 g/mol. The maximum atomic E-state index is 12.9. The van der Waals surface area contributed by atoms with Crippen molar-refractivity contribution >= 4 is 27.6 Å². The van der Waals surface area contributed by atoms with Gasteiger partial charge in [0.1, 0.15) is 17.2 Å². The van der Waals surface area contributed by atoms with Gasteiger partial charge in [0, 0.05) is 12.1 Å². The molecule has 2 heterocycles. The first kappa shape index (κ1) is 24.0. The van der Waals surface area contributed by atoms with Gasteiger partial charge in [0.05, 0.1) is 19.9 Å². The number of rotatable bonds is 6. The number of nitrogens with zero attached hydrogens (tertiary/aromatic N) is 3. The first-order valence-electron chi connectivity index (χ1n) is 9.42. The van der Waals surface area contributed by atoms with Gasteiger partial charge in [0.15, 0.2) is 11.5 Å². The highest BCUT2D eigenvalue weighted by Crippen LogP contribution is 2.31. The lowest BCUT2D eigenvalue weighted by Crippen LogP contribution is -2.38. The highest BCUT2D eigenvalue weighted by molar-refractivity contribution is 7.88. The van der Waals surface area contributed by atoms with Crippen LogP contribution in [0.4, 0.5) is 19.0 Å². The largest absolute Gasteiger partial charge is 0.493 e. The second-order valence-electron chi connectivity index (χ2n) is 6.58. The van der Waals surface area contributed by atoms with Gasteiger partial charge >= 0.3 is 16.4 Å². The molecule has 2 aromatic rings. The molecule has 0 spiro atoms. The fourth-order valence-corrected chi connectivity index (χ4v) is 4.23. The van der Waals surface area contributed by atoms with Gasteiger partial charge in [-0.25, -0.2) is 9.29 Å². The Hall–Kier alpha value is -3.61. The molecule has 0 saturated heterocycles. The van der Waals surface area contributed by atoms with Crippen LogP contribution in [0.2, 0.25) is 0 Å². The number of nitrogens with one attached hydrogen (secondary N) is 1. The number of aromatic nitrogens is 1. The number of likely N-dealkylation sites (N-methyl/N-ethyl adjacent to an activating group) is 1. The van der Waals surface area contributed by atoms with Gasteiger partial charge in [-0.15, -0.1) is 4.40 Å². The molecule has 1 aliphatic rings. The number of carbonyl (C=O) groups is 1. The Morgan fingerprint density at radius 3 is 2.42 bits per heavy atom. The maximum Gasteiger partial charge on any atom is 0.433 e. The number of ether oxygens (including phenoxy) is 2. The number of allylic oxidation sites excluding steroid dienone is 1. The highest BCUT2D eigenvalue weighted by atomic mass is 32.2. The number of amides is 1. The van der Waals surface area contributed by atoms with E-state index < -0.39 is 28.0 Å². The Kier molecular flexibility index (Phi) is 6.63. The van der Waals surface area contributed by atoms with Crippen molar-refractivity contribution in [1.29, 1.82) is 0 Å². The Bertz CT molecular complexity index is 1240. The summed E-state index contributed by atoms with van der Waals surface area (Å²) in [6.07, 6.45) is -3.49. The molecule has 1 aliphatic heterocycles. The number of alkyl halides is 3. The fourth-order valence-electron chi connectivity index (χ4n) is 3.01. The van der Waals surface area contributed by atoms with Crippen LogP contribution in [-0.4, -0.2) is 50.1 Å². The zero-order chi connectivity index (χ0) is 24.4. The third kappa shape index (κ3) is 5.08. The van der Waals surface area contributed by atoms with Gasteiger partial charge in [0.2, 0.25) is 0 Å². The van der Waals surface area contributed by atoms with E-state index in [4.69, 9.17) is 9.47 Å². The summed E-state index contributed by atoms with van der Waals surface area (Å²) in [5.41, 5.74) is -1.29. The standard InChI is InChI=1S/C20H19F3N4O5S/c1-4-27-14(19(28)25-18-7-5-6-17(24-18)20(21,22)23)11-13(26-33(27,29)30)12-8-9-15(31-2)16(10-12)32-3/h5-11H,4H2,1-3H3,(H,24,25,28). The van der Waals surface area contributed by atoms with Crippen molar-refractivity contribution in [3.05, 3.63) is 59.4 Å². The zero-order valence-corrected chi connectivity index (χ0v) is 18.5. The van der Waals surface area contributed by atoms with Crippen LogP contribution in [0.25, 0.3) is 0 Å². The fraction of sp³-hybridized carbons (Fsp3) is 0.250. The molecule has 9 nitrogen and oxygen atoms in total. The van der Waals surface area contributed by atoms with E-state index in [-0.39, 0.29) is 23.8 Å². The smallest absolute Gasteiger partial charge is 0.433 e. The predicted octanol–water partition coefficient (Wildman–Crippen LogP) is 3.01. The summed E-state index contributed by atoms with van der Waals surface area (Å²) in [5.74, 6) is -0.659. The van der Waals surface area contributed by atoms with Crippen LogP contribution in [0, 0.1) is 0 Å². The van der Waals surface area contributed by atoms with Crippen molar-refractivity contribution in [2.45, 2.75) is 13.1 Å². The van der Waals surface area contributed by atoms with E-state index in [0.717, 1.165) is 22.5 Å². The zero-order valence-electron chi connectivity index (χ0n) is 17.7. The van der Waals surface area contributed by atoms with E-state index in [1.54, 1.807) is 0 Å². The second kappa shape index (κ2) is 9.10. The molecule has 33 heavy (non-hydrogen) atoms. The third-order valence-electron chi connectivity index (χ3n) is 4.51. The molecular weight excluding hydrogens is 465 g/mol. The number of hydrogen-bond donors (Lipinski definition) is 1. The molecule has 1 amide bonds. The van der Waals surface area contributed by atoms with Crippen molar-refractivity contribution in [1.82, 2.24) is 9.29 Å². The monoisotopic (exact) mass is 484 g/mol. The van der Waals surface area contributed by atoms with E-state index in [0.29, 0.717) is 17.1 Å². The molecule has 0 saturated carbocycles. The summed E-state index contributed by atoms with van der Waals surface area (Å²) in [4.78, 5) is 16.3. The molecule has 0 atom stereocenters. The molecular formula is C20H19F3N4O5S. The molecule has 0 unspecified atom stereocenters. The number of carbonyl (C=O) groups excluding carboxylic acids is 1. The highest BCUT2D eigenvalue weighted by Gasteiger charge is 2.34. The predicted molar refractivity (Wildman–Crippen MR) is 113 cm³/mol. The minimum Gasteiger partial charge on any atom is -0.493 e. The van der Waals surface area contributed by atoms with Crippen molar-refractivity contribution < 1.29 is 35.9 Å². The first-order valence-corrected chi connectivity index (χ1v) is 10.8. The van der Waals surface area contributed by atoms with Crippen LogP contribution in [0.3, 0.4) is 0 Å². The minimum atomic E-state index is -4.71. The number of anilines is 1. The summed E-state index contributed by atoms with van der Waals surface area (Å²) in [6.45, 7) is 1.35. The van der Waals surface area contributed by atoms with Crippen molar-refractivity contribution in [3.63, 3.8) is 0 Å². The molecule has 0 fully saturated rings. The van der Waals surface area contributed by atoms with E-state index in [2.05, 4.69) is 14.7 Å². The Morgan fingerprint density at radius 1 is 1.12 bits per heavy atom. The van der Waals surface area contributed by atoms with E-state index >= 15 is 0 Å².